The van der Waals surface area contributed by atoms with Gasteiger partial charge in [0, 0.05) is 18.1 Å². The van der Waals surface area contributed by atoms with E-state index in [-0.39, 0.29) is 11.5 Å². The zero-order chi connectivity index (χ0) is 15.2. The van der Waals surface area contributed by atoms with Gasteiger partial charge in [0.25, 0.3) is 0 Å². The van der Waals surface area contributed by atoms with E-state index in [1.54, 1.807) is 0 Å². The summed E-state index contributed by atoms with van der Waals surface area (Å²) < 4.78 is 0. The van der Waals surface area contributed by atoms with Crippen molar-refractivity contribution < 1.29 is 4.79 Å². The number of hydrogen-bond donors (Lipinski definition) is 1. The summed E-state index contributed by atoms with van der Waals surface area (Å²) in [6.07, 6.45) is 0. The first kappa shape index (κ1) is 14.7. The minimum atomic E-state index is -0.149. The second kappa shape index (κ2) is 6.66. The molecule has 0 atom stereocenters. The van der Waals surface area contributed by atoms with Crippen molar-refractivity contribution in [3.05, 3.63) is 77.5 Å². The van der Waals surface area contributed by atoms with E-state index < -0.39 is 0 Å². The lowest BCUT2D eigenvalue weighted by molar-refractivity contribution is -0.113. The molecule has 0 fully saturated rings. The van der Waals surface area contributed by atoms with Gasteiger partial charge < -0.3 is 5.73 Å². The van der Waals surface area contributed by atoms with E-state index in [0.717, 1.165) is 17.0 Å². The van der Waals surface area contributed by atoms with E-state index in [1.807, 2.05) is 67.6 Å². The molecular formula is C18H18N2O. The van der Waals surface area contributed by atoms with Gasteiger partial charge in [-0.15, -0.1) is 0 Å². The Bertz CT molecular complexity index is 686. The number of rotatable bonds is 4. The minimum Gasteiger partial charge on any atom is -0.396 e. The molecule has 0 bridgehead atoms. The summed E-state index contributed by atoms with van der Waals surface area (Å²) in [6.45, 7) is 3.29. The van der Waals surface area contributed by atoms with E-state index in [4.69, 9.17) is 5.73 Å². The van der Waals surface area contributed by atoms with Crippen molar-refractivity contribution in [2.75, 3.05) is 0 Å². The maximum Gasteiger partial charge on any atom is 0.175 e. The molecular weight excluding hydrogens is 260 g/mol. The molecule has 2 aromatic carbocycles. The molecule has 3 nitrogen and oxygen atoms in total. The molecule has 0 amide bonds. The second-order valence-electron chi connectivity index (χ2n) is 4.76. The number of aliphatic imine (C=N–C) groups is 1. The van der Waals surface area contributed by atoms with Crippen LogP contribution >= 0.6 is 0 Å². The molecule has 0 aromatic heterocycles. The number of carbonyl (C=O) groups excluding carboxylic acids is 1. The van der Waals surface area contributed by atoms with Gasteiger partial charge in [-0.3, -0.25) is 4.79 Å². The molecule has 2 rings (SSSR count). The number of hydrogen-bond acceptors (Lipinski definition) is 3. The molecule has 0 saturated carbocycles. The Morgan fingerprint density at radius 1 is 0.905 bits per heavy atom. The monoisotopic (exact) mass is 278 g/mol. The summed E-state index contributed by atoms with van der Waals surface area (Å²) in [5.41, 5.74) is 9.31. The van der Waals surface area contributed by atoms with E-state index in [9.17, 15) is 4.79 Å². The molecule has 0 aliphatic rings. The van der Waals surface area contributed by atoms with Crippen molar-refractivity contribution in [3.8, 4) is 0 Å². The molecule has 2 aromatic rings. The molecule has 21 heavy (non-hydrogen) atoms. The van der Waals surface area contributed by atoms with Gasteiger partial charge >= 0.3 is 0 Å². The van der Waals surface area contributed by atoms with Crippen LogP contribution in [0.2, 0.25) is 0 Å². The Hall–Kier alpha value is -2.68. The molecule has 0 aliphatic heterocycles. The van der Waals surface area contributed by atoms with Crippen LogP contribution in [0.1, 0.15) is 19.4 Å². The van der Waals surface area contributed by atoms with Crippen LogP contribution in [0.5, 0.6) is 0 Å². The van der Waals surface area contributed by atoms with Gasteiger partial charge in [0.1, 0.15) is 0 Å². The van der Waals surface area contributed by atoms with Crippen LogP contribution in [0.25, 0.3) is 0 Å². The van der Waals surface area contributed by atoms with Crippen molar-refractivity contribution >= 4 is 17.2 Å². The highest BCUT2D eigenvalue weighted by atomic mass is 16.1. The number of nitrogens with two attached hydrogens (primary N) is 1. The topological polar surface area (TPSA) is 55.5 Å². The molecule has 3 heteroatoms. The van der Waals surface area contributed by atoms with E-state index in [1.165, 1.54) is 6.92 Å². The van der Waals surface area contributed by atoms with Crippen molar-refractivity contribution in [1.29, 1.82) is 0 Å². The van der Waals surface area contributed by atoms with Crippen LogP contribution in [0.4, 0.5) is 5.69 Å². The number of para-hydroxylation sites is 1. The number of carbonyl (C=O) groups is 1. The van der Waals surface area contributed by atoms with Crippen LogP contribution in [0.3, 0.4) is 0 Å². The Kier molecular flexibility index (Phi) is 4.67. The van der Waals surface area contributed by atoms with E-state index >= 15 is 0 Å². The smallest absolute Gasteiger partial charge is 0.175 e. The van der Waals surface area contributed by atoms with Gasteiger partial charge in [-0.05, 0) is 19.1 Å². The van der Waals surface area contributed by atoms with Gasteiger partial charge in [-0.1, -0.05) is 48.5 Å². The summed E-state index contributed by atoms with van der Waals surface area (Å²) >= 11 is 0. The third-order valence-electron chi connectivity index (χ3n) is 3.18. The third-order valence-corrected chi connectivity index (χ3v) is 3.18. The van der Waals surface area contributed by atoms with Crippen LogP contribution in [0.15, 0.2) is 76.9 Å². The lowest BCUT2D eigenvalue weighted by Gasteiger charge is -2.10. The highest BCUT2D eigenvalue weighted by Crippen LogP contribution is 2.18. The van der Waals surface area contributed by atoms with Crippen molar-refractivity contribution in [2.24, 2.45) is 10.7 Å². The molecule has 106 valence electrons. The van der Waals surface area contributed by atoms with Gasteiger partial charge in [0.15, 0.2) is 5.78 Å². The fraction of sp³-hybridized carbons (Fsp3) is 0.111. The summed E-state index contributed by atoms with van der Waals surface area (Å²) in [5, 5.41) is 0. The van der Waals surface area contributed by atoms with Crippen molar-refractivity contribution in [2.45, 2.75) is 13.8 Å². The van der Waals surface area contributed by atoms with Gasteiger partial charge in [0.05, 0.1) is 17.1 Å². The Morgan fingerprint density at radius 3 is 1.95 bits per heavy atom. The van der Waals surface area contributed by atoms with Crippen LogP contribution in [0, 0.1) is 0 Å². The minimum absolute atomic E-state index is 0.149. The van der Waals surface area contributed by atoms with Crippen molar-refractivity contribution in [3.63, 3.8) is 0 Å². The van der Waals surface area contributed by atoms with E-state index in [0.29, 0.717) is 5.57 Å². The maximum absolute atomic E-state index is 11.5. The normalized spacial score (nSPS) is 12.8. The number of nitrogens with zero attached hydrogens (tertiary/aromatic N) is 1. The number of Topliss-reactive ketones (excluding diaryl/α,β-unsaturated/α-hetero) is 1. The highest BCUT2D eigenvalue weighted by Gasteiger charge is 2.12. The Balaban J connectivity index is 2.59. The van der Waals surface area contributed by atoms with Crippen LogP contribution < -0.4 is 5.73 Å². The summed E-state index contributed by atoms with van der Waals surface area (Å²) in [7, 11) is 0. The second-order valence-corrected chi connectivity index (χ2v) is 4.76. The predicted octanol–water partition coefficient (Wildman–Crippen LogP) is 3.63. The number of benzene rings is 2. The van der Waals surface area contributed by atoms with Crippen LogP contribution in [-0.2, 0) is 4.79 Å². The number of allylic oxidation sites excluding steroid dienone is 2. The first-order valence-electron chi connectivity index (χ1n) is 6.76. The van der Waals surface area contributed by atoms with Gasteiger partial charge in [0.2, 0.25) is 0 Å². The third kappa shape index (κ3) is 3.66. The molecule has 0 radical (unpaired) electrons. The fourth-order valence-corrected chi connectivity index (χ4v) is 1.98. The molecule has 0 heterocycles. The Labute approximate surface area is 124 Å². The van der Waals surface area contributed by atoms with Gasteiger partial charge in [-0.25, -0.2) is 4.99 Å². The summed E-state index contributed by atoms with van der Waals surface area (Å²) in [4.78, 5) is 16.2. The maximum atomic E-state index is 11.5. The lowest BCUT2D eigenvalue weighted by atomic mass is 10.0. The quantitative estimate of drug-likeness (QED) is 0.686. The molecule has 0 unspecified atom stereocenters. The Morgan fingerprint density at radius 2 is 1.43 bits per heavy atom. The predicted molar refractivity (Wildman–Crippen MR) is 86.6 cm³/mol. The molecule has 2 N–H and O–H groups in total. The van der Waals surface area contributed by atoms with E-state index in [2.05, 4.69) is 4.99 Å². The average Bonchev–Trinajstić information content (AvgIpc) is 2.53. The lowest BCUT2D eigenvalue weighted by Crippen LogP contribution is -2.15. The largest absolute Gasteiger partial charge is 0.396 e. The molecule has 0 spiro atoms. The molecule has 0 saturated heterocycles. The van der Waals surface area contributed by atoms with Gasteiger partial charge in [-0.2, -0.15) is 0 Å². The summed E-state index contributed by atoms with van der Waals surface area (Å²) in [5.74, 6) is -0.149. The first-order chi connectivity index (χ1) is 10.1. The van der Waals surface area contributed by atoms with Crippen molar-refractivity contribution in [1.82, 2.24) is 0 Å². The molecule has 0 aliphatic carbocycles. The first-order valence-corrected chi connectivity index (χ1v) is 6.76. The van der Waals surface area contributed by atoms with Crippen LogP contribution in [-0.4, -0.2) is 11.5 Å². The summed E-state index contributed by atoms with van der Waals surface area (Å²) in [6, 6.07) is 19.4. The number of ketones is 1. The fourth-order valence-electron chi connectivity index (χ4n) is 1.98. The SMILES string of the molecule is CC(=O)/C(N)=C(\C)C(=Nc1ccccc1)c1ccccc1. The average molecular weight is 278 g/mol. The highest BCUT2D eigenvalue weighted by molar-refractivity contribution is 6.16. The zero-order valence-electron chi connectivity index (χ0n) is 12.2. The standard InChI is InChI=1S/C18H18N2O/c1-13(17(19)14(2)21)18(15-9-5-3-6-10-15)20-16-11-7-4-8-12-16/h3-12H,19H2,1-2H3/b17-13-,20-18?. The zero-order valence-corrected chi connectivity index (χ0v) is 12.2.